The Hall–Kier alpha value is -1.72. The highest BCUT2D eigenvalue weighted by atomic mass is 35.5. The van der Waals surface area contributed by atoms with Crippen LogP contribution in [0.3, 0.4) is 0 Å². The van der Waals surface area contributed by atoms with Crippen LogP contribution in [0.2, 0.25) is 10.0 Å². The molecule has 2 rings (SSSR count). The highest BCUT2D eigenvalue weighted by molar-refractivity contribution is 6.35. The van der Waals surface area contributed by atoms with Gasteiger partial charge in [0.25, 0.3) is 5.91 Å². The Morgan fingerprint density at radius 2 is 2.09 bits per heavy atom. The molecule has 124 valence electrons. The first-order valence-electron chi connectivity index (χ1n) is 7.38. The van der Waals surface area contributed by atoms with E-state index in [1.54, 1.807) is 42.1 Å². The number of amides is 1. The summed E-state index contributed by atoms with van der Waals surface area (Å²) >= 11 is 11.9. The predicted molar refractivity (Wildman–Crippen MR) is 92.4 cm³/mol. The minimum Gasteiger partial charge on any atom is -0.479 e. The number of ether oxygens (including phenoxy) is 1. The van der Waals surface area contributed by atoms with Crippen molar-refractivity contribution in [1.82, 2.24) is 9.78 Å². The number of benzene rings is 1. The van der Waals surface area contributed by atoms with Crippen LogP contribution in [0.4, 0.5) is 5.82 Å². The van der Waals surface area contributed by atoms with Crippen molar-refractivity contribution in [3.05, 3.63) is 40.5 Å². The number of carbonyl (C=O) groups excluding carboxylic acids is 1. The molecule has 0 saturated carbocycles. The molecule has 0 fully saturated rings. The molecule has 2 aromatic rings. The van der Waals surface area contributed by atoms with E-state index < -0.39 is 6.10 Å². The summed E-state index contributed by atoms with van der Waals surface area (Å²) in [5.74, 6) is 0.775. The molecule has 0 bridgehead atoms. The molecular formula is C16H19Cl2N3O2. The SMILES string of the molecule is CC[C@H](C)n1nccc1NC(=O)[C@H](C)Oc1ccc(Cl)cc1Cl. The number of nitrogens with zero attached hydrogens (tertiary/aromatic N) is 2. The third kappa shape index (κ3) is 4.39. The maximum absolute atomic E-state index is 12.3. The first-order valence-corrected chi connectivity index (χ1v) is 8.14. The van der Waals surface area contributed by atoms with Crippen molar-refractivity contribution in [2.75, 3.05) is 5.32 Å². The van der Waals surface area contributed by atoms with Gasteiger partial charge in [-0.05, 0) is 38.5 Å². The van der Waals surface area contributed by atoms with Crippen LogP contribution in [0.25, 0.3) is 0 Å². The fourth-order valence-electron chi connectivity index (χ4n) is 1.98. The van der Waals surface area contributed by atoms with E-state index in [-0.39, 0.29) is 11.9 Å². The number of anilines is 1. The molecule has 0 radical (unpaired) electrons. The number of rotatable bonds is 6. The quantitative estimate of drug-likeness (QED) is 0.825. The van der Waals surface area contributed by atoms with Crippen LogP contribution in [-0.2, 0) is 4.79 Å². The third-order valence-electron chi connectivity index (χ3n) is 3.50. The van der Waals surface area contributed by atoms with Crippen molar-refractivity contribution in [1.29, 1.82) is 0 Å². The molecule has 7 heteroatoms. The van der Waals surface area contributed by atoms with E-state index in [1.165, 1.54) is 0 Å². The second-order valence-corrected chi connectivity index (χ2v) is 6.09. The summed E-state index contributed by atoms with van der Waals surface area (Å²) in [6, 6.07) is 6.82. The average Bonchev–Trinajstić information content (AvgIpc) is 2.97. The Kier molecular flexibility index (Phi) is 5.91. The molecular weight excluding hydrogens is 337 g/mol. The molecule has 1 N–H and O–H groups in total. The minimum atomic E-state index is -0.714. The number of hydrogen-bond acceptors (Lipinski definition) is 3. The topological polar surface area (TPSA) is 56.2 Å². The van der Waals surface area contributed by atoms with Crippen molar-refractivity contribution in [2.24, 2.45) is 0 Å². The first-order chi connectivity index (χ1) is 10.9. The number of hydrogen-bond donors (Lipinski definition) is 1. The van der Waals surface area contributed by atoms with E-state index >= 15 is 0 Å². The van der Waals surface area contributed by atoms with Crippen LogP contribution in [-0.4, -0.2) is 21.8 Å². The third-order valence-corrected chi connectivity index (χ3v) is 4.03. The van der Waals surface area contributed by atoms with Crippen molar-refractivity contribution in [2.45, 2.75) is 39.3 Å². The maximum atomic E-state index is 12.3. The maximum Gasteiger partial charge on any atom is 0.266 e. The summed E-state index contributed by atoms with van der Waals surface area (Å²) in [6.07, 6.45) is 1.86. The van der Waals surface area contributed by atoms with Gasteiger partial charge >= 0.3 is 0 Å². The molecule has 0 spiro atoms. The van der Waals surface area contributed by atoms with E-state index in [0.29, 0.717) is 21.6 Å². The lowest BCUT2D eigenvalue weighted by molar-refractivity contribution is -0.122. The summed E-state index contributed by atoms with van der Waals surface area (Å²) in [5, 5.41) is 7.93. The monoisotopic (exact) mass is 355 g/mol. The largest absolute Gasteiger partial charge is 0.479 e. The lowest BCUT2D eigenvalue weighted by Crippen LogP contribution is -2.31. The zero-order chi connectivity index (χ0) is 17.0. The summed E-state index contributed by atoms with van der Waals surface area (Å²) < 4.78 is 7.38. The van der Waals surface area contributed by atoms with Gasteiger partial charge in [0, 0.05) is 11.1 Å². The average molecular weight is 356 g/mol. The lowest BCUT2D eigenvalue weighted by Gasteiger charge is -2.18. The minimum absolute atomic E-state index is 0.197. The highest BCUT2D eigenvalue weighted by Crippen LogP contribution is 2.28. The highest BCUT2D eigenvalue weighted by Gasteiger charge is 2.19. The van der Waals surface area contributed by atoms with Gasteiger partial charge in [-0.2, -0.15) is 5.10 Å². The Morgan fingerprint density at radius 3 is 2.74 bits per heavy atom. The molecule has 5 nitrogen and oxygen atoms in total. The van der Waals surface area contributed by atoms with E-state index in [4.69, 9.17) is 27.9 Å². The number of halogens is 2. The van der Waals surface area contributed by atoms with Gasteiger partial charge in [0.1, 0.15) is 11.6 Å². The molecule has 0 aliphatic heterocycles. The van der Waals surface area contributed by atoms with Gasteiger partial charge in [0.05, 0.1) is 17.3 Å². The van der Waals surface area contributed by atoms with Gasteiger partial charge in [-0.3, -0.25) is 4.79 Å². The van der Waals surface area contributed by atoms with Crippen LogP contribution < -0.4 is 10.1 Å². The molecule has 0 aliphatic rings. The molecule has 2 atom stereocenters. The number of carbonyl (C=O) groups is 1. The molecule has 1 aromatic carbocycles. The summed E-state index contributed by atoms with van der Waals surface area (Å²) in [4.78, 5) is 12.3. The summed E-state index contributed by atoms with van der Waals surface area (Å²) in [7, 11) is 0. The fourth-order valence-corrected chi connectivity index (χ4v) is 2.43. The van der Waals surface area contributed by atoms with Crippen molar-refractivity contribution in [3.8, 4) is 5.75 Å². The Bertz CT molecular complexity index is 688. The summed E-state index contributed by atoms with van der Waals surface area (Å²) in [6.45, 7) is 5.76. The van der Waals surface area contributed by atoms with Gasteiger partial charge in [-0.1, -0.05) is 30.1 Å². The molecule has 0 saturated heterocycles. The summed E-state index contributed by atoms with van der Waals surface area (Å²) in [5.41, 5.74) is 0. The van der Waals surface area contributed by atoms with Crippen LogP contribution in [0.5, 0.6) is 5.75 Å². The van der Waals surface area contributed by atoms with Crippen LogP contribution in [0, 0.1) is 0 Å². The Balaban J connectivity index is 2.04. The van der Waals surface area contributed by atoms with E-state index in [9.17, 15) is 4.79 Å². The van der Waals surface area contributed by atoms with Crippen molar-refractivity contribution >= 4 is 34.9 Å². The van der Waals surface area contributed by atoms with Crippen LogP contribution >= 0.6 is 23.2 Å². The van der Waals surface area contributed by atoms with Gasteiger partial charge < -0.3 is 10.1 Å². The Morgan fingerprint density at radius 1 is 1.35 bits per heavy atom. The molecule has 0 unspecified atom stereocenters. The molecule has 1 aromatic heterocycles. The fraction of sp³-hybridized carbons (Fsp3) is 0.375. The second kappa shape index (κ2) is 7.70. The first kappa shape index (κ1) is 17.6. The molecule has 1 amide bonds. The van der Waals surface area contributed by atoms with Gasteiger partial charge in [0.2, 0.25) is 0 Å². The number of nitrogens with one attached hydrogen (secondary N) is 1. The van der Waals surface area contributed by atoms with Crippen molar-refractivity contribution < 1.29 is 9.53 Å². The zero-order valence-corrected chi connectivity index (χ0v) is 14.7. The standard InChI is InChI=1S/C16H19Cl2N3O2/c1-4-10(2)21-15(7-8-19-21)20-16(22)11(3)23-14-6-5-12(17)9-13(14)18/h5-11H,4H2,1-3H3,(H,20,22)/t10-,11-/m0/s1. The smallest absolute Gasteiger partial charge is 0.266 e. The molecule has 0 aliphatic carbocycles. The van der Waals surface area contributed by atoms with E-state index in [1.807, 2.05) is 6.92 Å². The van der Waals surface area contributed by atoms with Gasteiger partial charge in [-0.25, -0.2) is 4.68 Å². The van der Waals surface area contributed by atoms with E-state index in [2.05, 4.69) is 17.3 Å². The van der Waals surface area contributed by atoms with E-state index in [0.717, 1.165) is 6.42 Å². The Labute approximate surface area is 145 Å². The lowest BCUT2D eigenvalue weighted by atomic mass is 10.3. The molecule has 23 heavy (non-hydrogen) atoms. The zero-order valence-electron chi connectivity index (χ0n) is 13.2. The van der Waals surface area contributed by atoms with Gasteiger partial charge in [-0.15, -0.1) is 0 Å². The normalized spacial score (nSPS) is 13.4. The van der Waals surface area contributed by atoms with Crippen molar-refractivity contribution in [3.63, 3.8) is 0 Å². The number of aromatic nitrogens is 2. The predicted octanol–water partition coefficient (Wildman–Crippen LogP) is 4.57. The van der Waals surface area contributed by atoms with Crippen LogP contribution in [0.1, 0.15) is 33.2 Å². The second-order valence-electron chi connectivity index (χ2n) is 5.24. The van der Waals surface area contributed by atoms with Crippen LogP contribution in [0.15, 0.2) is 30.5 Å². The van der Waals surface area contributed by atoms with Gasteiger partial charge in [0.15, 0.2) is 6.10 Å². The molecule has 1 heterocycles.